The van der Waals surface area contributed by atoms with E-state index in [1.54, 1.807) is 0 Å². The van der Waals surface area contributed by atoms with Crippen LogP contribution < -0.4 is 5.73 Å². The molecule has 0 heterocycles. The van der Waals surface area contributed by atoms with Crippen LogP contribution in [0.5, 0.6) is 0 Å². The molecule has 0 unspecified atom stereocenters. The molecule has 0 fully saturated rings. The fraction of sp³-hybridized carbons (Fsp3) is 0.125. The highest BCUT2D eigenvalue weighted by Crippen LogP contribution is 2.39. The highest BCUT2D eigenvalue weighted by molar-refractivity contribution is 9.10. The first-order chi connectivity index (χ1) is 6.73. The summed E-state index contributed by atoms with van der Waals surface area (Å²) in [4.78, 5) is 10.7. The fourth-order valence-electron chi connectivity index (χ4n) is 1.04. The van der Waals surface area contributed by atoms with E-state index in [0.717, 1.165) is 12.1 Å². The van der Waals surface area contributed by atoms with E-state index in [0.29, 0.717) is 0 Å². The molecular weight excluding hydrogens is 298 g/mol. The Balaban J connectivity index is 3.41. The molecule has 1 aromatic carbocycles. The van der Waals surface area contributed by atoms with Crippen molar-refractivity contribution in [3.05, 3.63) is 27.7 Å². The lowest BCUT2D eigenvalue weighted by atomic mass is 10.1. The van der Waals surface area contributed by atoms with E-state index in [1.807, 2.05) is 0 Å². The Bertz CT molecular complexity index is 396. The lowest BCUT2D eigenvalue weighted by Crippen LogP contribution is -2.11. The van der Waals surface area contributed by atoms with Crippen LogP contribution in [0, 0.1) is 0 Å². The van der Waals surface area contributed by atoms with E-state index < -0.39 is 22.7 Å². The fourth-order valence-corrected chi connectivity index (χ4v) is 1.85. The summed E-state index contributed by atoms with van der Waals surface area (Å²) in [6.07, 6.45) is -4.57. The molecule has 0 atom stereocenters. The molecule has 0 spiro atoms. The topological polar surface area (TPSA) is 43.1 Å². The van der Waals surface area contributed by atoms with Crippen LogP contribution in [0.1, 0.15) is 15.9 Å². The largest absolute Gasteiger partial charge is 0.419 e. The van der Waals surface area contributed by atoms with Gasteiger partial charge in [-0.15, -0.1) is 0 Å². The molecule has 0 aliphatic heterocycles. The average Bonchev–Trinajstić information content (AvgIpc) is 1.99. The third-order valence-corrected chi connectivity index (χ3v) is 2.47. The molecular formula is C8H4BrClF3NO. The number of nitrogen functional groups attached to an aromatic ring is 1. The van der Waals surface area contributed by atoms with Gasteiger partial charge in [0.2, 0.25) is 0 Å². The minimum Gasteiger partial charge on any atom is -0.398 e. The molecule has 1 aromatic rings. The number of carbonyl (C=O) groups is 1. The van der Waals surface area contributed by atoms with Crippen LogP contribution in [-0.2, 0) is 6.18 Å². The third kappa shape index (κ3) is 2.63. The molecule has 0 saturated carbocycles. The number of carbonyl (C=O) groups excluding carboxylic acids is 1. The molecule has 15 heavy (non-hydrogen) atoms. The number of halogens is 5. The van der Waals surface area contributed by atoms with Gasteiger partial charge in [-0.1, -0.05) is 15.9 Å². The summed E-state index contributed by atoms with van der Waals surface area (Å²) >= 11 is 7.81. The Labute approximate surface area is 96.3 Å². The molecule has 0 radical (unpaired) electrons. The Morgan fingerprint density at radius 2 is 1.93 bits per heavy atom. The first-order valence-electron chi connectivity index (χ1n) is 3.59. The summed E-state index contributed by atoms with van der Waals surface area (Å²) in [5, 5.41) is -0.865. The second-order valence-corrected chi connectivity index (χ2v) is 3.89. The van der Waals surface area contributed by atoms with Crippen LogP contribution in [0.15, 0.2) is 16.6 Å². The van der Waals surface area contributed by atoms with E-state index in [9.17, 15) is 18.0 Å². The standard InChI is InChI=1S/C8H4BrClF3NO/c9-4-1-3(7(10)15)2-5(14)6(4)8(11,12)13/h1-2H,14H2. The van der Waals surface area contributed by atoms with Crippen LogP contribution >= 0.6 is 27.5 Å². The molecule has 2 N–H and O–H groups in total. The maximum Gasteiger partial charge on any atom is 0.419 e. The molecule has 1 rings (SSSR count). The monoisotopic (exact) mass is 301 g/mol. The molecule has 0 aliphatic rings. The van der Waals surface area contributed by atoms with Crippen LogP contribution in [0.2, 0.25) is 0 Å². The minimum atomic E-state index is -4.57. The number of hydrogen-bond donors (Lipinski definition) is 1. The van der Waals surface area contributed by atoms with E-state index in [-0.39, 0.29) is 10.0 Å². The zero-order valence-corrected chi connectivity index (χ0v) is 9.37. The number of nitrogens with two attached hydrogens (primary N) is 1. The van der Waals surface area contributed by atoms with Gasteiger partial charge in [-0.05, 0) is 23.7 Å². The van der Waals surface area contributed by atoms with Crippen molar-refractivity contribution in [2.45, 2.75) is 6.18 Å². The molecule has 82 valence electrons. The molecule has 2 nitrogen and oxygen atoms in total. The number of hydrogen-bond acceptors (Lipinski definition) is 2. The summed E-state index contributed by atoms with van der Waals surface area (Å²) in [6.45, 7) is 0. The number of anilines is 1. The van der Waals surface area contributed by atoms with Gasteiger partial charge in [0.25, 0.3) is 5.24 Å². The summed E-state index contributed by atoms with van der Waals surface area (Å²) in [5.41, 5.74) is 3.55. The normalized spacial score (nSPS) is 11.5. The van der Waals surface area contributed by atoms with Gasteiger partial charge in [-0.2, -0.15) is 13.2 Å². The highest BCUT2D eigenvalue weighted by atomic mass is 79.9. The number of benzene rings is 1. The summed E-state index contributed by atoms with van der Waals surface area (Å²) < 4.78 is 36.9. The Morgan fingerprint density at radius 1 is 1.40 bits per heavy atom. The predicted octanol–water partition coefficient (Wildman–Crippen LogP) is 3.43. The number of alkyl halides is 3. The van der Waals surface area contributed by atoms with Crippen LogP contribution in [0.4, 0.5) is 18.9 Å². The van der Waals surface area contributed by atoms with Crippen molar-refractivity contribution < 1.29 is 18.0 Å². The summed E-state index contributed by atoms with van der Waals surface area (Å²) in [6, 6.07) is 1.87. The van der Waals surface area contributed by atoms with Gasteiger partial charge in [0.1, 0.15) is 0 Å². The summed E-state index contributed by atoms with van der Waals surface area (Å²) in [7, 11) is 0. The van der Waals surface area contributed by atoms with Gasteiger partial charge < -0.3 is 5.73 Å². The van der Waals surface area contributed by atoms with Crippen molar-refractivity contribution in [3.8, 4) is 0 Å². The van der Waals surface area contributed by atoms with Gasteiger partial charge >= 0.3 is 6.18 Å². The van der Waals surface area contributed by atoms with E-state index in [4.69, 9.17) is 17.3 Å². The van der Waals surface area contributed by atoms with Crippen LogP contribution in [0.25, 0.3) is 0 Å². The first kappa shape index (κ1) is 12.3. The summed E-state index contributed by atoms with van der Waals surface area (Å²) in [5.74, 6) is 0. The van der Waals surface area contributed by atoms with Gasteiger partial charge in [0.15, 0.2) is 0 Å². The van der Waals surface area contributed by atoms with Gasteiger partial charge in [0, 0.05) is 15.7 Å². The predicted molar refractivity (Wildman–Crippen MR) is 53.7 cm³/mol. The van der Waals surface area contributed by atoms with Crippen molar-refractivity contribution in [1.29, 1.82) is 0 Å². The number of rotatable bonds is 1. The molecule has 0 saturated heterocycles. The minimum absolute atomic E-state index is 0.0889. The lowest BCUT2D eigenvalue weighted by Gasteiger charge is -2.12. The molecule has 0 aromatic heterocycles. The second kappa shape index (κ2) is 4.02. The SMILES string of the molecule is Nc1cc(C(=O)Cl)cc(Br)c1C(F)(F)F. The van der Waals surface area contributed by atoms with Crippen molar-refractivity contribution >= 4 is 38.5 Å². The molecule has 0 amide bonds. The highest BCUT2D eigenvalue weighted by Gasteiger charge is 2.35. The van der Waals surface area contributed by atoms with E-state index in [2.05, 4.69) is 15.9 Å². The van der Waals surface area contributed by atoms with Crippen LogP contribution in [-0.4, -0.2) is 5.24 Å². The van der Waals surface area contributed by atoms with Crippen molar-refractivity contribution in [2.75, 3.05) is 5.73 Å². The first-order valence-corrected chi connectivity index (χ1v) is 4.76. The van der Waals surface area contributed by atoms with Gasteiger partial charge in [-0.25, -0.2) is 0 Å². The van der Waals surface area contributed by atoms with Crippen molar-refractivity contribution in [3.63, 3.8) is 0 Å². The van der Waals surface area contributed by atoms with Crippen molar-refractivity contribution in [2.24, 2.45) is 0 Å². The third-order valence-electron chi connectivity index (χ3n) is 1.63. The molecule has 0 aliphatic carbocycles. The van der Waals surface area contributed by atoms with Gasteiger partial charge in [-0.3, -0.25) is 4.79 Å². The van der Waals surface area contributed by atoms with Crippen molar-refractivity contribution in [1.82, 2.24) is 0 Å². The van der Waals surface area contributed by atoms with E-state index >= 15 is 0 Å². The smallest absolute Gasteiger partial charge is 0.398 e. The quantitative estimate of drug-likeness (QED) is 0.638. The van der Waals surface area contributed by atoms with Gasteiger partial charge in [0.05, 0.1) is 5.56 Å². The Hall–Kier alpha value is -0.750. The maximum atomic E-state index is 12.4. The lowest BCUT2D eigenvalue weighted by molar-refractivity contribution is -0.137. The zero-order chi connectivity index (χ0) is 11.8. The average molecular weight is 302 g/mol. The second-order valence-electron chi connectivity index (χ2n) is 2.69. The van der Waals surface area contributed by atoms with Crippen LogP contribution in [0.3, 0.4) is 0 Å². The Kier molecular flexibility index (Phi) is 3.30. The molecule has 7 heteroatoms. The molecule has 0 bridgehead atoms. The Morgan fingerprint density at radius 3 is 2.27 bits per heavy atom. The zero-order valence-electron chi connectivity index (χ0n) is 7.03. The maximum absolute atomic E-state index is 12.4. The van der Waals surface area contributed by atoms with E-state index in [1.165, 1.54) is 0 Å².